The van der Waals surface area contributed by atoms with Crippen LogP contribution in [0.3, 0.4) is 0 Å². The molecule has 1 aromatic heterocycles. The van der Waals surface area contributed by atoms with Crippen LogP contribution in [0.5, 0.6) is 0 Å². The number of primary sulfonamides is 1. The van der Waals surface area contributed by atoms with Crippen LogP contribution in [0.15, 0.2) is 5.38 Å². The van der Waals surface area contributed by atoms with Gasteiger partial charge in [0.05, 0.1) is 0 Å². The van der Waals surface area contributed by atoms with Crippen LogP contribution < -0.4 is 5.14 Å². The Morgan fingerprint density at radius 1 is 1.73 bits per heavy atom. The van der Waals surface area contributed by atoms with Gasteiger partial charge < -0.3 is 0 Å². The minimum absolute atomic E-state index is 0.161. The lowest BCUT2D eigenvalue weighted by molar-refractivity contribution is 0.597. The number of sulfonamides is 1. The Bertz CT molecular complexity index is 341. The third kappa shape index (κ3) is 2.96. The van der Waals surface area contributed by atoms with Crippen LogP contribution in [0.4, 0.5) is 0 Å². The maximum absolute atomic E-state index is 10.6. The molecule has 0 unspecified atom stereocenters. The zero-order valence-electron chi connectivity index (χ0n) is 5.94. The molecule has 1 rings (SSSR count). The molecule has 4 nitrogen and oxygen atoms in total. The number of nitrogens with two attached hydrogens (primary N) is 1. The molecule has 0 atom stereocenters. The van der Waals surface area contributed by atoms with Crippen LogP contribution in [0, 0.1) is 6.92 Å². The van der Waals surface area contributed by atoms with E-state index >= 15 is 0 Å². The molecule has 0 aromatic carbocycles. The number of rotatable bonds is 2. The van der Waals surface area contributed by atoms with E-state index in [9.17, 15) is 8.42 Å². The van der Waals surface area contributed by atoms with Gasteiger partial charge in [-0.1, -0.05) is 0 Å². The maximum atomic E-state index is 10.6. The van der Waals surface area contributed by atoms with Crippen molar-refractivity contribution in [1.82, 2.24) is 4.98 Å². The normalized spacial score (nSPS) is 11.8. The van der Waals surface area contributed by atoms with Gasteiger partial charge in [0.2, 0.25) is 10.0 Å². The van der Waals surface area contributed by atoms with Gasteiger partial charge in [-0.3, -0.25) is 0 Å². The predicted molar refractivity (Wildman–Crippen MR) is 43.7 cm³/mol. The van der Waals surface area contributed by atoms with E-state index in [2.05, 4.69) is 4.98 Å². The van der Waals surface area contributed by atoms with Gasteiger partial charge in [0, 0.05) is 11.1 Å². The van der Waals surface area contributed by atoms with Crippen LogP contribution in [-0.2, 0) is 15.8 Å². The van der Waals surface area contributed by atoms with Crippen LogP contribution in [0.1, 0.15) is 10.7 Å². The highest BCUT2D eigenvalue weighted by Gasteiger charge is 2.07. The molecule has 0 fully saturated rings. The highest BCUT2D eigenvalue weighted by Crippen LogP contribution is 2.10. The largest absolute Gasteiger partial charge is 0.245 e. The lowest BCUT2D eigenvalue weighted by atomic mass is 10.6. The minimum Gasteiger partial charge on any atom is -0.245 e. The van der Waals surface area contributed by atoms with Crippen molar-refractivity contribution >= 4 is 21.4 Å². The average Bonchev–Trinajstić information content (AvgIpc) is 2.10. The second kappa shape index (κ2) is 2.88. The fraction of sp³-hybridized carbons (Fsp3) is 0.400. The van der Waals surface area contributed by atoms with E-state index in [4.69, 9.17) is 5.14 Å². The van der Waals surface area contributed by atoms with E-state index in [-0.39, 0.29) is 5.75 Å². The van der Waals surface area contributed by atoms with Crippen LogP contribution in [-0.4, -0.2) is 13.4 Å². The highest BCUT2D eigenvalue weighted by molar-refractivity contribution is 7.88. The van der Waals surface area contributed by atoms with Gasteiger partial charge in [0.25, 0.3) is 0 Å². The number of hydrogen-bond donors (Lipinski definition) is 1. The summed E-state index contributed by atoms with van der Waals surface area (Å²) in [5.41, 5.74) is 0.827. The van der Waals surface area contributed by atoms with Crippen molar-refractivity contribution in [2.75, 3.05) is 0 Å². The quantitative estimate of drug-likeness (QED) is 0.729. The Hall–Kier alpha value is -0.460. The highest BCUT2D eigenvalue weighted by atomic mass is 32.2. The molecule has 62 valence electrons. The summed E-state index contributed by atoms with van der Waals surface area (Å²) in [6.45, 7) is 1.81. The summed E-state index contributed by atoms with van der Waals surface area (Å²) in [5, 5.41) is 7.15. The standard InChI is InChI=1S/C5H8N2O2S2/c1-4-2-10-5(7-4)3-11(6,8)9/h2H,3H2,1H3,(H2,6,8,9). The van der Waals surface area contributed by atoms with Gasteiger partial charge in [0.1, 0.15) is 10.8 Å². The first kappa shape index (κ1) is 8.63. The molecule has 1 heterocycles. The first-order valence-electron chi connectivity index (χ1n) is 2.89. The second-order valence-electron chi connectivity index (χ2n) is 2.19. The van der Waals surface area contributed by atoms with Gasteiger partial charge in [-0.15, -0.1) is 11.3 Å². The van der Waals surface area contributed by atoms with E-state index < -0.39 is 10.0 Å². The third-order valence-electron chi connectivity index (χ3n) is 0.991. The molecular formula is C5H8N2O2S2. The average molecular weight is 192 g/mol. The van der Waals surface area contributed by atoms with Gasteiger partial charge in [-0.25, -0.2) is 18.5 Å². The molecule has 2 N–H and O–H groups in total. The van der Waals surface area contributed by atoms with E-state index in [1.807, 2.05) is 6.92 Å². The first-order valence-corrected chi connectivity index (χ1v) is 5.48. The molecule has 0 aliphatic rings. The SMILES string of the molecule is Cc1csc(CS(N)(=O)=O)n1. The van der Waals surface area contributed by atoms with Crippen molar-refractivity contribution in [2.45, 2.75) is 12.7 Å². The van der Waals surface area contributed by atoms with Gasteiger partial charge in [-0.05, 0) is 6.92 Å². The fourth-order valence-electron chi connectivity index (χ4n) is 0.641. The number of hydrogen-bond acceptors (Lipinski definition) is 4. The summed E-state index contributed by atoms with van der Waals surface area (Å²) in [5.74, 6) is -0.161. The lowest BCUT2D eigenvalue weighted by Gasteiger charge is -1.90. The summed E-state index contributed by atoms with van der Waals surface area (Å²) in [4.78, 5) is 3.96. The summed E-state index contributed by atoms with van der Waals surface area (Å²) in [6.07, 6.45) is 0. The second-order valence-corrected chi connectivity index (χ2v) is 4.75. The Labute approximate surface area is 69.1 Å². The molecule has 0 bridgehead atoms. The molecule has 6 heteroatoms. The fourth-order valence-corrected chi connectivity index (χ4v) is 2.37. The third-order valence-corrected chi connectivity index (χ3v) is 2.82. The van der Waals surface area contributed by atoms with Gasteiger partial charge in [-0.2, -0.15) is 0 Å². The molecule has 0 radical (unpaired) electrons. The van der Waals surface area contributed by atoms with Crippen molar-refractivity contribution in [3.8, 4) is 0 Å². The lowest BCUT2D eigenvalue weighted by Crippen LogP contribution is -2.14. The Morgan fingerprint density at radius 2 is 2.36 bits per heavy atom. The molecule has 11 heavy (non-hydrogen) atoms. The van der Waals surface area contributed by atoms with Crippen molar-refractivity contribution < 1.29 is 8.42 Å². The Morgan fingerprint density at radius 3 is 2.73 bits per heavy atom. The van der Waals surface area contributed by atoms with Crippen molar-refractivity contribution in [3.63, 3.8) is 0 Å². The Balaban J connectivity index is 2.81. The summed E-state index contributed by atoms with van der Waals surface area (Å²) in [6, 6.07) is 0. The summed E-state index contributed by atoms with van der Waals surface area (Å²) in [7, 11) is -3.42. The van der Waals surface area contributed by atoms with Crippen molar-refractivity contribution in [2.24, 2.45) is 5.14 Å². The maximum Gasteiger partial charge on any atom is 0.215 e. The number of aromatic nitrogens is 1. The molecule has 0 saturated heterocycles. The minimum atomic E-state index is -3.42. The zero-order chi connectivity index (χ0) is 8.48. The molecule has 1 aromatic rings. The molecular weight excluding hydrogens is 184 g/mol. The molecule has 0 aliphatic carbocycles. The van der Waals surface area contributed by atoms with E-state index in [1.54, 1.807) is 5.38 Å². The smallest absolute Gasteiger partial charge is 0.215 e. The summed E-state index contributed by atoms with van der Waals surface area (Å²) < 4.78 is 21.1. The zero-order valence-corrected chi connectivity index (χ0v) is 7.58. The first-order chi connectivity index (χ1) is 4.97. The van der Waals surface area contributed by atoms with Gasteiger partial charge in [0.15, 0.2) is 0 Å². The predicted octanol–water partition coefficient (Wildman–Crippen LogP) is 0.240. The topological polar surface area (TPSA) is 73.1 Å². The van der Waals surface area contributed by atoms with Crippen LogP contribution in [0.2, 0.25) is 0 Å². The van der Waals surface area contributed by atoms with Crippen LogP contribution >= 0.6 is 11.3 Å². The van der Waals surface area contributed by atoms with E-state index in [1.165, 1.54) is 11.3 Å². The number of thiazole rings is 1. The number of aryl methyl sites for hydroxylation is 1. The Kier molecular flexibility index (Phi) is 2.26. The molecule has 0 aliphatic heterocycles. The van der Waals surface area contributed by atoms with Crippen LogP contribution in [0.25, 0.3) is 0 Å². The van der Waals surface area contributed by atoms with Crippen molar-refractivity contribution in [3.05, 3.63) is 16.1 Å². The van der Waals surface area contributed by atoms with E-state index in [0.717, 1.165) is 5.69 Å². The van der Waals surface area contributed by atoms with Crippen molar-refractivity contribution in [1.29, 1.82) is 0 Å². The molecule has 0 spiro atoms. The molecule has 0 saturated carbocycles. The van der Waals surface area contributed by atoms with E-state index in [0.29, 0.717) is 5.01 Å². The molecule has 0 amide bonds. The summed E-state index contributed by atoms with van der Waals surface area (Å²) >= 11 is 1.31. The number of nitrogens with zero attached hydrogens (tertiary/aromatic N) is 1. The monoisotopic (exact) mass is 192 g/mol. The van der Waals surface area contributed by atoms with Gasteiger partial charge >= 0.3 is 0 Å².